The molecule has 8 nitrogen and oxygen atoms in total. The van der Waals surface area contributed by atoms with Crippen molar-refractivity contribution in [2.75, 3.05) is 6.61 Å². The molecule has 4 aromatic rings. The summed E-state index contributed by atoms with van der Waals surface area (Å²) in [6.07, 6.45) is -0.0187. The van der Waals surface area contributed by atoms with Crippen molar-refractivity contribution in [3.63, 3.8) is 0 Å². The van der Waals surface area contributed by atoms with E-state index in [0.29, 0.717) is 19.4 Å². The summed E-state index contributed by atoms with van der Waals surface area (Å²) in [6, 6.07) is 15.7. The second kappa shape index (κ2) is 12.7. The number of halogens is 4. The fourth-order valence-electron chi connectivity index (χ4n) is 4.69. The minimum atomic E-state index is -4.74. The number of fused-ring (bicyclic) bond motifs is 2. The maximum atomic E-state index is 13.0. The van der Waals surface area contributed by atoms with Crippen LogP contribution in [0, 0.1) is 0 Å². The fourth-order valence-corrected chi connectivity index (χ4v) is 4.69. The minimum Gasteiger partial charge on any atom is -1.00 e. The van der Waals surface area contributed by atoms with E-state index in [-0.39, 0.29) is 62.9 Å². The number of benzene rings is 3. The van der Waals surface area contributed by atoms with Gasteiger partial charge in [0.15, 0.2) is 24.7 Å². The highest BCUT2D eigenvalue weighted by Gasteiger charge is 2.35. The van der Waals surface area contributed by atoms with Gasteiger partial charge < -0.3 is 36.7 Å². The van der Waals surface area contributed by atoms with Gasteiger partial charge in [-0.25, -0.2) is 9.36 Å². The lowest BCUT2D eigenvalue weighted by molar-refractivity contribution is -0.688. The first-order chi connectivity index (χ1) is 20.0. The van der Waals surface area contributed by atoms with Crippen LogP contribution in [0.5, 0.6) is 17.2 Å². The second-order valence-corrected chi connectivity index (χ2v) is 9.59. The first kappa shape index (κ1) is 31.2. The van der Waals surface area contributed by atoms with E-state index in [0.717, 1.165) is 17.2 Å². The van der Waals surface area contributed by atoms with E-state index in [1.54, 1.807) is 12.1 Å². The Balaban J connectivity index is 0.00000423. The van der Waals surface area contributed by atoms with E-state index in [1.165, 1.54) is 36.4 Å². The fraction of sp³-hybridized carbons (Fsp3) is 0.161. The lowest BCUT2D eigenvalue weighted by atomic mass is 9.82. The van der Waals surface area contributed by atoms with Crippen LogP contribution in [0.1, 0.15) is 59.7 Å². The molecule has 0 saturated carbocycles. The predicted octanol–water partition coefficient (Wildman–Crippen LogP) is 1.90. The van der Waals surface area contributed by atoms with E-state index >= 15 is 0 Å². The number of carbonyl (C=O) groups is 3. The molecule has 1 aliphatic rings. The van der Waals surface area contributed by atoms with Crippen LogP contribution in [-0.4, -0.2) is 40.7 Å². The molecule has 0 aliphatic heterocycles. The van der Waals surface area contributed by atoms with Gasteiger partial charge in [0.2, 0.25) is 5.78 Å². The maximum absolute atomic E-state index is 13.0. The van der Waals surface area contributed by atoms with Crippen LogP contribution >= 0.6 is 0 Å². The molecule has 12 heteroatoms. The Kier molecular flexibility index (Phi) is 9.19. The van der Waals surface area contributed by atoms with Crippen LogP contribution < -0.4 is 26.3 Å². The number of phenolic OH excluding ortho intramolecular Hbond substituents is 2. The number of nitrogens with zero attached hydrogens (tertiary/aromatic N) is 1. The molecule has 0 atom stereocenters. The van der Waals surface area contributed by atoms with Crippen molar-refractivity contribution in [3.05, 3.63) is 118 Å². The summed E-state index contributed by atoms with van der Waals surface area (Å²) in [5.74, 6) is -3.31. The van der Waals surface area contributed by atoms with Crippen LogP contribution in [0.4, 0.5) is 13.2 Å². The Bertz CT molecular complexity index is 1690. The topological polar surface area (TPSA) is 114 Å². The molecule has 43 heavy (non-hydrogen) atoms. The van der Waals surface area contributed by atoms with E-state index in [9.17, 15) is 37.8 Å². The van der Waals surface area contributed by atoms with Crippen molar-refractivity contribution in [3.8, 4) is 17.2 Å². The Morgan fingerprint density at radius 1 is 0.814 bits per heavy atom. The number of aromatic hydroxyl groups is 2. The number of aromatic nitrogens is 1. The van der Waals surface area contributed by atoms with Gasteiger partial charge in [-0.3, -0.25) is 9.59 Å². The summed E-state index contributed by atoms with van der Waals surface area (Å²) >= 11 is 0. The zero-order valence-corrected chi connectivity index (χ0v) is 23.8. The number of hydrogen-bond donors (Lipinski definition) is 2. The van der Waals surface area contributed by atoms with E-state index in [4.69, 9.17) is 4.74 Å². The van der Waals surface area contributed by atoms with Gasteiger partial charge in [0.1, 0.15) is 17.2 Å². The predicted molar refractivity (Wildman–Crippen MR) is 141 cm³/mol. The van der Waals surface area contributed by atoms with Crippen molar-refractivity contribution in [2.45, 2.75) is 25.7 Å². The molecule has 0 fully saturated rings. The van der Waals surface area contributed by atoms with Crippen LogP contribution in [0.2, 0.25) is 0 Å². The summed E-state index contributed by atoms with van der Waals surface area (Å²) in [6.45, 7) is 0.500. The Morgan fingerprint density at radius 3 is 2.16 bits per heavy atom. The summed E-state index contributed by atoms with van der Waals surface area (Å²) in [5, 5.41) is 20.5. The zero-order chi connectivity index (χ0) is 30.0. The lowest BCUT2D eigenvalue weighted by Gasteiger charge is -2.19. The smallest absolute Gasteiger partial charge is 0.573 e. The average Bonchev–Trinajstić information content (AvgIpc) is 2.94. The first-order valence-corrected chi connectivity index (χ1v) is 12.8. The van der Waals surface area contributed by atoms with Gasteiger partial charge in [-0.15, -0.1) is 13.2 Å². The molecule has 0 unspecified atom stereocenters. The third-order valence-electron chi connectivity index (χ3n) is 6.66. The molecule has 0 spiro atoms. The molecule has 5 rings (SSSR count). The highest BCUT2D eigenvalue weighted by molar-refractivity contribution is 6.30. The Morgan fingerprint density at radius 2 is 1.49 bits per heavy atom. The van der Waals surface area contributed by atoms with Gasteiger partial charge in [0, 0.05) is 28.8 Å². The van der Waals surface area contributed by atoms with Gasteiger partial charge in [-0.05, 0) is 60.9 Å². The Labute approximate surface area is 253 Å². The number of hydrogen-bond acceptors (Lipinski definition) is 7. The molecule has 3 aromatic carbocycles. The van der Waals surface area contributed by atoms with E-state index in [2.05, 4.69) is 4.74 Å². The number of phenols is 2. The van der Waals surface area contributed by atoms with Gasteiger partial charge in [-0.2, -0.15) is 0 Å². The van der Waals surface area contributed by atoms with Crippen molar-refractivity contribution in [1.29, 1.82) is 0 Å². The maximum Gasteiger partial charge on any atom is 0.573 e. The minimum absolute atomic E-state index is 0. The average molecular weight is 658 g/mol. The first-order valence-electron chi connectivity index (χ1n) is 12.8. The Hall–Kier alpha value is -4.71. The molecule has 0 bridgehead atoms. The SMILES string of the molecule is O=C(OCCCc1cc[n+](Cc2ccc(OC(F)(F)F)cc2)cc1)c1cc(O)c2c(c1)C(=O)c1cccc(O)c1C2=O.[Br-]. The number of alkyl halides is 3. The number of pyridine rings is 1. The number of rotatable bonds is 8. The standard InChI is InChI=1S/C31H22F3NO7.BrH/c32-31(33,34)42-21-8-6-19(7-9-21)17-35-12-10-18(11-13-35)3-2-14-41-30(40)20-15-23-27(25(37)16-20)29(39)26-22(28(23)38)4-1-5-24(26)36;/h1,4-13,15-16H,2-3,14,17H2,(H-,36,37,39);1H. The number of carbonyl (C=O) groups excluding carboxylic acids is 3. The summed E-state index contributed by atoms with van der Waals surface area (Å²) in [5.41, 5.74) is 1.03. The van der Waals surface area contributed by atoms with E-state index in [1.807, 2.05) is 29.1 Å². The third-order valence-corrected chi connectivity index (χ3v) is 6.66. The molecule has 1 aromatic heterocycles. The normalized spacial score (nSPS) is 12.2. The largest absolute Gasteiger partial charge is 1.00 e. The van der Waals surface area contributed by atoms with Gasteiger partial charge in [0.25, 0.3) is 0 Å². The summed E-state index contributed by atoms with van der Waals surface area (Å²) in [4.78, 5) is 38.5. The quantitative estimate of drug-likeness (QED) is 0.149. The number of ketones is 2. The summed E-state index contributed by atoms with van der Waals surface area (Å²) in [7, 11) is 0. The van der Waals surface area contributed by atoms with Crippen LogP contribution in [0.15, 0.2) is 79.1 Å². The molecule has 0 amide bonds. The number of aryl methyl sites for hydroxylation is 1. The van der Waals surface area contributed by atoms with Crippen LogP contribution in [0.3, 0.4) is 0 Å². The van der Waals surface area contributed by atoms with Crippen molar-refractivity contribution >= 4 is 17.5 Å². The molecule has 1 aliphatic carbocycles. The number of ether oxygens (including phenoxy) is 2. The lowest BCUT2D eigenvalue weighted by Crippen LogP contribution is -3.00. The molecule has 0 radical (unpaired) electrons. The number of esters is 1. The van der Waals surface area contributed by atoms with Gasteiger partial charge in [-0.1, -0.05) is 12.1 Å². The van der Waals surface area contributed by atoms with Crippen LogP contribution in [0.25, 0.3) is 0 Å². The third kappa shape index (κ3) is 7.03. The van der Waals surface area contributed by atoms with Crippen LogP contribution in [-0.2, 0) is 17.7 Å². The second-order valence-electron chi connectivity index (χ2n) is 9.59. The highest BCUT2D eigenvalue weighted by atomic mass is 79.9. The molecule has 0 saturated heterocycles. The van der Waals surface area contributed by atoms with Crippen molar-refractivity contribution in [1.82, 2.24) is 0 Å². The molecule has 222 valence electrons. The molecule has 2 N–H and O–H groups in total. The van der Waals surface area contributed by atoms with Crippen molar-refractivity contribution in [2.24, 2.45) is 0 Å². The molecular formula is C31H23BrF3NO7. The van der Waals surface area contributed by atoms with Gasteiger partial charge in [0.05, 0.1) is 23.3 Å². The summed E-state index contributed by atoms with van der Waals surface area (Å²) < 4.78 is 48.0. The monoisotopic (exact) mass is 657 g/mol. The van der Waals surface area contributed by atoms with E-state index < -0.39 is 29.6 Å². The molecular weight excluding hydrogens is 635 g/mol. The zero-order valence-electron chi connectivity index (χ0n) is 22.2. The molecule has 1 heterocycles. The van der Waals surface area contributed by atoms with Crippen molar-refractivity contribution < 1.29 is 68.8 Å². The van der Waals surface area contributed by atoms with Gasteiger partial charge >= 0.3 is 12.3 Å². The highest BCUT2D eigenvalue weighted by Crippen LogP contribution is 2.37.